The van der Waals surface area contributed by atoms with Crippen molar-refractivity contribution < 1.29 is 22.7 Å². The van der Waals surface area contributed by atoms with Crippen molar-refractivity contribution >= 4 is 27.3 Å². The molecule has 7 nitrogen and oxygen atoms in total. The molecular weight excluding hydrogens is 368 g/mol. The van der Waals surface area contributed by atoms with Crippen molar-refractivity contribution in [3.63, 3.8) is 0 Å². The summed E-state index contributed by atoms with van der Waals surface area (Å²) in [6, 6.07) is 13.6. The van der Waals surface area contributed by atoms with Crippen molar-refractivity contribution in [3.05, 3.63) is 61.2 Å². The van der Waals surface area contributed by atoms with Gasteiger partial charge in [0.25, 0.3) is 5.91 Å². The second-order valence-corrected chi connectivity index (χ2v) is 7.89. The predicted octanol–water partition coefficient (Wildman–Crippen LogP) is 2.42. The van der Waals surface area contributed by atoms with E-state index in [9.17, 15) is 13.2 Å². The van der Waals surface area contributed by atoms with Crippen molar-refractivity contribution in [1.82, 2.24) is 0 Å². The van der Waals surface area contributed by atoms with Crippen LogP contribution >= 0.6 is 0 Å². The Morgan fingerprint density at radius 1 is 1.33 bits per heavy atom. The molecule has 0 saturated heterocycles. The van der Waals surface area contributed by atoms with E-state index in [1.165, 1.54) is 4.31 Å². The van der Waals surface area contributed by atoms with E-state index < -0.39 is 22.0 Å². The standard InChI is InChI=1S/C19H20N2O5S/c1-3-11-25-15-8-6-7-14(12-15)20-19(22)18-13-21(27(2,23)24)16-9-4-5-10-17(16)26-18/h3-10,12,18H,1,11,13H2,2H3,(H,20,22)/t18-/m0/s1. The topological polar surface area (TPSA) is 84.9 Å². The molecule has 0 aromatic heterocycles. The van der Waals surface area contributed by atoms with Crippen LogP contribution < -0.4 is 19.1 Å². The fourth-order valence-corrected chi connectivity index (χ4v) is 3.61. The first-order valence-electron chi connectivity index (χ1n) is 8.26. The number of nitrogens with zero attached hydrogens (tertiary/aromatic N) is 1. The van der Waals surface area contributed by atoms with E-state index in [-0.39, 0.29) is 6.54 Å². The minimum Gasteiger partial charge on any atom is -0.489 e. The monoisotopic (exact) mass is 388 g/mol. The molecule has 142 valence electrons. The minimum absolute atomic E-state index is 0.103. The van der Waals surface area contributed by atoms with Gasteiger partial charge in [-0.2, -0.15) is 0 Å². The van der Waals surface area contributed by atoms with E-state index in [2.05, 4.69) is 11.9 Å². The van der Waals surface area contributed by atoms with Gasteiger partial charge in [-0.05, 0) is 24.3 Å². The summed E-state index contributed by atoms with van der Waals surface area (Å²) in [7, 11) is -3.55. The van der Waals surface area contributed by atoms with E-state index in [1.807, 2.05) is 0 Å². The van der Waals surface area contributed by atoms with Gasteiger partial charge in [-0.3, -0.25) is 9.10 Å². The fourth-order valence-electron chi connectivity index (χ4n) is 2.69. The van der Waals surface area contributed by atoms with Crippen LogP contribution in [0, 0.1) is 0 Å². The zero-order valence-corrected chi connectivity index (χ0v) is 15.6. The summed E-state index contributed by atoms with van der Waals surface area (Å²) in [5.74, 6) is 0.483. The zero-order valence-electron chi connectivity index (χ0n) is 14.8. The fraction of sp³-hybridized carbons (Fsp3) is 0.211. The Balaban J connectivity index is 1.79. The SMILES string of the molecule is C=CCOc1cccc(NC(=O)[C@@H]2CN(S(C)(=O)=O)c3ccccc3O2)c1. The van der Waals surface area contributed by atoms with Gasteiger partial charge in [0, 0.05) is 11.8 Å². The second-order valence-electron chi connectivity index (χ2n) is 5.99. The number of anilines is 2. The highest BCUT2D eigenvalue weighted by atomic mass is 32.2. The van der Waals surface area contributed by atoms with Crippen LogP contribution in [0.1, 0.15) is 0 Å². The molecule has 1 N–H and O–H groups in total. The summed E-state index contributed by atoms with van der Waals surface area (Å²) in [6.07, 6.45) is 1.75. The third kappa shape index (κ3) is 4.40. The Bertz CT molecular complexity index is 958. The maximum Gasteiger partial charge on any atom is 0.267 e. The lowest BCUT2D eigenvalue weighted by atomic mass is 10.2. The van der Waals surface area contributed by atoms with Gasteiger partial charge in [0.2, 0.25) is 10.0 Å². The zero-order chi connectivity index (χ0) is 19.4. The third-order valence-corrected chi connectivity index (χ3v) is 5.04. The van der Waals surface area contributed by atoms with Crippen LogP contribution in [0.15, 0.2) is 61.2 Å². The number of nitrogens with one attached hydrogen (secondary N) is 1. The number of fused-ring (bicyclic) bond motifs is 1. The van der Waals surface area contributed by atoms with Gasteiger partial charge in [-0.15, -0.1) is 0 Å². The first-order chi connectivity index (χ1) is 12.9. The number of carbonyl (C=O) groups excluding carboxylic acids is 1. The van der Waals surface area contributed by atoms with Gasteiger partial charge in [-0.1, -0.05) is 30.9 Å². The number of hydrogen-bond donors (Lipinski definition) is 1. The molecule has 0 spiro atoms. The van der Waals surface area contributed by atoms with Crippen LogP contribution in [-0.2, 0) is 14.8 Å². The molecule has 8 heteroatoms. The molecule has 0 fully saturated rings. The third-order valence-electron chi connectivity index (χ3n) is 3.90. The first kappa shape index (κ1) is 18.8. The number of ether oxygens (including phenoxy) is 2. The van der Waals surface area contributed by atoms with Gasteiger partial charge in [-0.25, -0.2) is 8.42 Å². The quantitative estimate of drug-likeness (QED) is 0.768. The van der Waals surface area contributed by atoms with E-state index >= 15 is 0 Å². The smallest absolute Gasteiger partial charge is 0.267 e. The summed E-state index contributed by atoms with van der Waals surface area (Å²) in [4.78, 5) is 12.7. The lowest BCUT2D eigenvalue weighted by Gasteiger charge is -2.33. The molecule has 0 aliphatic carbocycles. The summed E-state index contributed by atoms with van der Waals surface area (Å²) >= 11 is 0. The molecule has 1 amide bonds. The van der Waals surface area contributed by atoms with Gasteiger partial charge in [0.15, 0.2) is 6.10 Å². The number of benzene rings is 2. The highest BCUT2D eigenvalue weighted by Crippen LogP contribution is 2.34. The lowest BCUT2D eigenvalue weighted by molar-refractivity contribution is -0.122. The Morgan fingerprint density at radius 2 is 2.11 bits per heavy atom. The number of hydrogen-bond acceptors (Lipinski definition) is 5. The van der Waals surface area contributed by atoms with E-state index in [0.29, 0.717) is 29.5 Å². The van der Waals surface area contributed by atoms with Crippen LogP contribution in [0.25, 0.3) is 0 Å². The average Bonchev–Trinajstić information content (AvgIpc) is 2.65. The van der Waals surface area contributed by atoms with Crippen LogP contribution in [0.4, 0.5) is 11.4 Å². The summed E-state index contributed by atoms with van der Waals surface area (Å²) < 4.78 is 36.6. The molecule has 0 saturated carbocycles. The normalized spacial score (nSPS) is 16.0. The van der Waals surface area contributed by atoms with Crippen molar-refractivity contribution in [1.29, 1.82) is 0 Å². The molecular formula is C19H20N2O5S. The van der Waals surface area contributed by atoms with Crippen LogP contribution in [-0.4, -0.2) is 39.8 Å². The Morgan fingerprint density at radius 3 is 2.85 bits per heavy atom. The van der Waals surface area contributed by atoms with Crippen molar-refractivity contribution in [2.24, 2.45) is 0 Å². The highest BCUT2D eigenvalue weighted by molar-refractivity contribution is 7.92. The molecule has 27 heavy (non-hydrogen) atoms. The average molecular weight is 388 g/mol. The molecule has 1 aliphatic rings. The van der Waals surface area contributed by atoms with Crippen LogP contribution in [0.2, 0.25) is 0 Å². The van der Waals surface area contributed by atoms with Gasteiger partial charge in [0.1, 0.15) is 18.1 Å². The van der Waals surface area contributed by atoms with E-state index in [4.69, 9.17) is 9.47 Å². The Hall–Kier alpha value is -3.00. The molecule has 1 aliphatic heterocycles. The molecule has 1 heterocycles. The molecule has 0 bridgehead atoms. The number of para-hydroxylation sites is 2. The lowest BCUT2D eigenvalue weighted by Crippen LogP contribution is -2.48. The molecule has 0 radical (unpaired) electrons. The maximum atomic E-state index is 12.7. The molecule has 1 atom stereocenters. The summed E-state index contributed by atoms with van der Waals surface area (Å²) in [6.45, 7) is 3.84. The van der Waals surface area contributed by atoms with E-state index in [1.54, 1.807) is 54.6 Å². The number of rotatable bonds is 6. The number of sulfonamides is 1. The van der Waals surface area contributed by atoms with Crippen LogP contribution in [0.3, 0.4) is 0 Å². The minimum atomic E-state index is -3.55. The highest BCUT2D eigenvalue weighted by Gasteiger charge is 2.34. The van der Waals surface area contributed by atoms with E-state index in [0.717, 1.165) is 6.26 Å². The van der Waals surface area contributed by atoms with Crippen LogP contribution in [0.5, 0.6) is 11.5 Å². The maximum absolute atomic E-state index is 12.7. The van der Waals surface area contributed by atoms with Gasteiger partial charge >= 0.3 is 0 Å². The van der Waals surface area contributed by atoms with Crippen molar-refractivity contribution in [2.45, 2.75) is 6.10 Å². The summed E-state index contributed by atoms with van der Waals surface area (Å²) in [5.41, 5.74) is 0.943. The van der Waals surface area contributed by atoms with Crippen molar-refractivity contribution in [3.8, 4) is 11.5 Å². The number of amides is 1. The largest absolute Gasteiger partial charge is 0.489 e. The first-order valence-corrected chi connectivity index (χ1v) is 10.1. The Kier molecular flexibility index (Phi) is 5.36. The predicted molar refractivity (Wildman–Crippen MR) is 104 cm³/mol. The molecule has 2 aromatic carbocycles. The Labute approximate surface area is 158 Å². The summed E-state index contributed by atoms with van der Waals surface area (Å²) in [5, 5.41) is 2.74. The van der Waals surface area contributed by atoms with Gasteiger partial charge in [0.05, 0.1) is 18.5 Å². The molecule has 0 unspecified atom stereocenters. The second kappa shape index (κ2) is 7.71. The van der Waals surface area contributed by atoms with Gasteiger partial charge < -0.3 is 14.8 Å². The molecule has 3 rings (SSSR count). The van der Waals surface area contributed by atoms with Crippen molar-refractivity contribution in [2.75, 3.05) is 29.0 Å². The molecule has 2 aromatic rings. The number of carbonyl (C=O) groups is 1.